The number of urea groups is 1. The van der Waals surface area contributed by atoms with Crippen molar-refractivity contribution in [3.63, 3.8) is 0 Å². The van der Waals surface area contributed by atoms with Gasteiger partial charge in [-0.3, -0.25) is 4.79 Å². The van der Waals surface area contributed by atoms with Crippen LogP contribution >= 0.6 is 0 Å². The Kier molecular flexibility index (Phi) is 6.87. The highest BCUT2D eigenvalue weighted by Crippen LogP contribution is 2.25. The highest BCUT2D eigenvalue weighted by atomic mass is 16.5. The number of amides is 2. The summed E-state index contributed by atoms with van der Waals surface area (Å²) in [6, 6.07) is 7.03. The molecular formula is C17H24N2O5. The zero-order chi connectivity index (χ0) is 17.4. The molecular weight excluding hydrogens is 312 g/mol. The summed E-state index contributed by atoms with van der Waals surface area (Å²) in [6.07, 6.45) is 1.73. The minimum atomic E-state index is -0.787. The number of methoxy groups -OCH3 is 1. The van der Waals surface area contributed by atoms with Gasteiger partial charge >= 0.3 is 12.0 Å². The van der Waals surface area contributed by atoms with Gasteiger partial charge in [0, 0.05) is 33.2 Å². The Bertz CT molecular complexity index is 556. The third-order valence-electron chi connectivity index (χ3n) is 4.01. The Labute approximate surface area is 141 Å². The molecule has 0 atom stereocenters. The molecule has 0 bridgehead atoms. The zero-order valence-electron chi connectivity index (χ0n) is 13.9. The molecule has 0 aliphatic carbocycles. The van der Waals surface area contributed by atoms with Gasteiger partial charge in [0.15, 0.2) is 0 Å². The molecule has 1 aromatic rings. The first kappa shape index (κ1) is 18.1. The van der Waals surface area contributed by atoms with E-state index in [2.05, 4.69) is 5.32 Å². The summed E-state index contributed by atoms with van der Waals surface area (Å²) in [5.41, 5.74) is 0.611. The quantitative estimate of drug-likeness (QED) is 0.747. The third-order valence-corrected chi connectivity index (χ3v) is 4.01. The second-order valence-corrected chi connectivity index (χ2v) is 5.72. The van der Waals surface area contributed by atoms with Gasteiger partial charge in [-0.25, -0.2) is 4.79 Å². The minimum Gasteiger partial charge on any atom is -0.491 e. The number of likely N-dealkylation sites (tertiary alicyclic amines) is 1. The molecule has 1 aliphatic rings. The monoisotopic (exact) mass is 336 g/mol. The van der Waals surface area contributed by atoms with Gasteiger partial charge in [-0.15, -0.1) is 0 Å². The average molecular weight is 336 g/mol. The molecule has 24 heavy (non-hydrogen) atoms. The van der Waals surface area contributed by atoms with Crippen LogP contribution in [0.2, 0.25) is 0 Å². The molecule has 0 radical (unpaired) electrons. The van der Waals surface area contributed by atoms with Crippen molar-refractivity contribution in [2.24, 2.45) is 5.92 Å². The number of hydrogen-bond acceptors (Lipinski definition) is 4. The van der Waals surface area contributed by atoms with Crippen molar-refractivity contribution in [1.82, 2.24) is 4.90 Å². The number of benzene rings is 1. The van der Waals surface area contributed by atoms with E-state index in [1.54, 1.807) is 24.1 Å². The molecule has 0 unspecified atom stereocenters. The minimum absolute atomic E-state index is 0.230. The number of aliphatic carboxylic acids is 1. The number of carbonyl (C=O) groups is 2. The molecule has 1 saturated heterocycles. The van der Waals surface area contributed by atoms with Gasteiger partial charge in [-0.2, -0.15) is 0 Å². The first-order valence-corrected chi connectivity index (χ1v) is 8.11. The fourth-order valence-electron chi connectivity index (χ4n) is 2.60. The van der Waals surface area contributed by atoms with Crippen LogP contribution in [0.25, 0.3) is 0 Å². The van der Waals surface area contributed by atoms with Crippen molar-refractivity contribution in [3.8, 4) is 5.75 Å². The van der Waals surface area contributed by atoms with E-state index >= 15 is 0 Å². The smallest absolute Gasteiger partial charge is 0.321 e. The lowest BCUT2D eigenvalue weighted by Gasteiger charge is -2.30. The van der Waals surface area contributed by atoms with Crippen molar-refractivity contribution in [2.45, 2.75) is 19.3 Å². The van der Waals surface area contributed by atoms with Crippen LogP contribution in [0.15, 0.2) is 24.3 Å². The number of piperidine rings is 1. The van der Waals surface area contributed by atoms with Crippen LogP contribution in [0, 0.1) is 5.92 Å². The van der Waals surface area contributed by atoms with Crippen LogP contribution in [-0.2, 0) is 9.53 Å². The van der Waals surface area contributed by atoms with Crippen molar-refractivity contribution in [2.75, 3.05) is 38.7 Å². The summed E-state index contributed by atoms with van der Waals surface area (Å²) in [6.45, 7) is 2.01. The number of nitrogens with zero attached hydrogens (tertiary/aromatic N) is 1. The van der Waals surface area contributed by atoms with E-state index in [4.69, 9.17) is 14.6 Å². The third kappa shape index (κ3) is 5.13. The summed E-state index contributed by atoms with van der Waals surface area (Å²) in [4.78, 5) is 25.0. The van der Waals surface area contributed by atoms with Crippen LogP contribution in [-0.4, -0.2) is 55.4 Å². The second kappa shape index (κ2) is 9.12. The molecule has 1 aromatic carbocycles. The zero-order valence-corrected chi connectivity index (χ0v) is 13.9. The van der Waals surface area contributed by atoms with E-state index in [0.29, 0.717) is 50.6 Å². The molecule has 0 saturated carbocycles. The Morgan fingerprint density at radius 1 is 1.25 bits per heavy atom. The number of rotatable bonds is 7. The average Bonchev–Trinajstić information content (AvgIpc) is 2.60. The molecule has 2 rings (SSSR count). The predicted octanol–water partition coefficient (Wildman–Crippen LogP) is 2.43. The lowest BCUT2D eigenvalue weighted by Crippen LogP contribution is -2.42. The van der Waals surface area contributed by atoms with E-state index in [1.165, 1.54) is 0 Å². The number of para-hydroxylation sites is 2. The first-order chi connectivity index (χ1) is 11.6. The van der Waals surface area contributed by atoms with Crippen molar-refractivity contribution >= 4 is 17.7 Å². The van der Waals surface area contributed by atoms with Gasteiger partial charge in [0.25, 0.3) is 0 Å². The number of ether oxygens (including phenoxy) is 2. The van der Waals surface area contributed by atoms with Crippen LogP contribution in [0.4, 0.5) is 10.5 Å². The Hall–Kier alpha value is -2.28. The number of carbonyl (C=O) groups excluding carboxylic acids is 1. The van der Waals surface area contributed by atoms with E-state index < -0.39 is 5.97 Å². The number of carboxylic acids is 1. The topological polar surface area (TPSA) is 88.1 Å². The van der Waals surface area contributed by atoms with Crippen LogP contribution in [0.3, 0.4) is 0 Å². The SMILES string of the molecule is COCCCOc1ccccc1NC(=O)N1CCC(C(=O)O)CC1. The second-order valence-electron chi connectivity index (χ2n) is 5.72. The van der Waals surface area contributed by atoms with Crippen molar-refractivity contribution < 1.29 is 24.2 Å². The van der Waals surface area contributed by atoms with E-state index in [0.717, 1.165) is 6.42 Å². The molecule has 0 aromatic heterocycles. The number of nitrogens with one attached hydrogen (secondary N) is 1. The molecule has 1 fully saturated rings. The van der Waals surface area contributed by atoms with Gasteiger partial charge in [0.2, 0.25) is 0 Å². The number of carboxylic acid groups (broad SMARTS) is 1. The standard InChI is InChI=1S/C17H24N2O5/c1-23-11-4-12-24-15-6-3-2-5-14(15)18-17(22)19-9-7-13(8-10-19)16(20)21/h2-3,5-6,13H,4,7-12H2,1H3,(H,18,22)(H,20,21). The molecule has 132 valence electrons. The normalized spacial score (nSPS) is 15.1. The summed E-state index contributed by atoms with van der Waals surface area (Å²) >= 11 is 0. The van der Waals surface area contributed by atoms with Gasteiger partial charge < -0.3 is 24.8 Å². The lowest BCUT2D eigenvalue weighted by molar-refractivity contribution is -0.143. The number of anilines is 1. The van der Waals surface area contributed by atoms with Gasteiger partial charge in [-0.05, 0) is 25.0 Å². The Morgan fingerprint density at radius 2 is 1.96 bits per heavy atom. The van der Waals surface area contributed by atoms with E-state index in [1.807, 2.05) is 12.1 Å². The Balaban J connectivity index is 1.88. The lowest BCUT2D eigenvalue weighted by atomic mass is 9.97. The largest absolute Gasteiger partial charge is 0.491 e. The molecule has 1 heterocycles. The molecule has 1 aliphatic heterocycles. The maximum atomic E-state index is 12.4. The molecule has 2 N–H and O–H groups in total. The van der Waals surface area contributed by atoms with Crippen LogP contribution < -0.4 is 10.1 Å². The molecule has 2 amide bonds. The highest BCUT2D eigenvalue weighted by Gasteiger charge is 2.27. The first-order valence-electron chi connectivity index (χ1n) is 8.11. The summed E-state index contributed by atoms with van der Waals surface area (Å²) in [7, 11) is 1.64. The van der Waals surface area contributed by atoms with E-state index in [-0.39, 0.29) is 11.9 Å². The summed E-state index contributed by atoms with van der Waals surface area (Å²) in [5.74, 6) is -0.530. The molecule has 7 nitrogen and oxygen atoms in total. The van der Waals surface area contributed by atoms with E-state index in [9.17, 15) is 9.59 Å². The fourth-order valence-corrected chi connectivity index (χ4v) is 2.60. The Morgan fingerprint density at radius 3 is 2.62 bits per heavy atom. The van der Waals surface area contributed by atoms with Gasteiger partial charge in [0.05, 0.1) is 18.2 Å². The number of hydrogen-bond donors (Lipinski definition) is 2. The summed E-state index contributed by atoms with van der Waals surface area (Å²) in [5, 5.41) is 11.9. The maximum absolute atomic E-state index is 12.4. The fraction of sp³-hybridized carbons (Fsp3) is 0.529. The van der Waals surface area contributed by atoms with Gasteiger partial charge in [0.1, 0.15) is 5.75 Å². The molecule has 0 spiro atoms. The molecule has 7 heteroatoms. The summed E-state index contributed by atoms with van der Waals surface area (Å²) < 4.78 is 10.7. The predicted molar refractivity (Wildman–Crippen MR) is 89.4 cm³/mol. The van der Waals surface area contributed by atoms with Crippen molar-refractivity contribution in [1.29, 1.82) is 0 Å². The van der Waals surface area contributed by atoms with Crippen molar-refractivity contribution in [3.05, 3.63) is 24.3 Å². The highest BCUT2D eigenvalue weighted by molar-refractivity contribution is 5.91. The van der Waals surface area contributed by atoms with Gasteiger partial charge in [-0.1, -0.05) is 12.1 Å². The maximum Gasteiger partial charge on any atom is 0.321 e. The van der Waals surface area contributed by atoms with Crippen LogP contribution in [0.1, 0.15) is 19.3 Å². The van der Waals surface area contributed by atoms with Crippen LogP contribution in [0.5, 0.6) is 5.75 Å².